The van der Waals surface area contributed by atoms with E-state index in [0.717, 1.165) is 7.11 Å². The number of ether oxygens (including phenoxy) is 3. The van der Waals surface area contributed by atoms with Gasteiger partial charge in [0.15, 0.2) is 0 Å². The smallest absolute Gasteiger partial charge is 0.350 e. The topological polar surface area (TPSA) is 72.0 Å². The molecule has 0 aromatic heterocycles. The highest BCUT2D eigenvalue weighted by Gasteiger charge is 2.46. The van der Waals surface area contributed by atoms with E-state index >= 15 is 0 Å². The van der Waals surface area contributed by atoms with Crippen molar-refractivity contribution < 1.29 is 32.5 Å². The first-order valence-electron chi connectivity index (χ1n) is 4.36. The summed E-state index contributed by atoms with van der Waals surface area (Å²) in [5.74, 6) is -2.45. The second kappa shape index (κ2) is 6.33. The summed E-state index contributed by atoms with van der Waals surface area (Å²) in [6.07, 6.45) is -7.03. The van der Waals surface area contributed by atoms with Crippen molar-refractivity contribution in [2.24, 2.45) is 0 Å². The van der Waals surface area contributed by atoms with E-state index in [2.05, 4.69) is 20.3 Å². The minimum atomic E-state index is -4.96. The first kappa shape index (κ1) is 15.6. The van der Waals surface area contributed by atoms with Gasteiger partial charge in [0.1, 0.15) is 0 Å². The zero-order valence-corrected chi connectivity index (χ0v) is 9.09. The lowest BCUT2D eigenvalue weighted by Crippen LogP contribution is -2.62. The Morgan fingerprint density at radius 1 is 1.38 bits per heavy atom. The van der Waals surface area contributed by atoms with E-state index in [0.29, 0.717) is 0 Å². The Labute approximate surface area is 90.6 Å². The van der Waals surface area contributed by atoms with Crippen LogP contribution in [0.1, 0.15) is 6.92 Å². The first-order valence-corrected chi connectivity index (χ1v) is 4.36. The van der Waals surface area contributed by atoms with Gasteiger partial charge in [0.05, 0.1) is 0 Å². The summed E-state index contributed by atoms with van der Waals surface area (Å²) < 4.78 is 48.6. The predicted octanol–water partition coefficient (Wildman–Crippen LogP) is -0.0981. The van der Waals surface area contributed by atoms with Gasteiger partial charge in [-0.2, -0.15) is 5.43 Å². The van der Waals surface area contributed by atoms with Crippen LogP contribution in [-0.2, 0) is 14.2 Å². The summed E-state index contributed by atoms with van der Waals surface area (Å²) in [6, 6.07) is 0. The number of hydrogen-bond donors (Lipinski definition) is 3. The minimum Gasteiger partial charge on any atom is -0.350 e. The third kappa shape index (κ3) is 5.05. The average Bonchev–Trinajstić information content (AvgIpc) is 2.13. The van der Waals surface area contributed by atoms with Crippen LogP contribution >= 0.6 is 0 Å². The molecule has 0 bridgehead atoms. The van der Waals surface area contributed by atoms with Crippen molar-refractivity contribution >= 4 is 0 Å². The van der Waals surface area contributed by atoms with Crippen LogP contribution in [0.15, 0.2) is 0 Å². The number of halogens is 3. The summed E-state index contributed by atoms with van der Waals surface area (Å²) in [4.78, 5) is 0. The van der Waals surface area contributed by atoms with Gasteiger partial charge in [0.25, 0.3) is 5.91 Å². The molecule has 9 heteroatoms. The largest absolute Gasteiger partial charge is 0.525 e. The Hall–Kier alpha value is -0.450. The van der Waals surface area contributed by atoms with Crippen molar-refractivity contribution in [1.29, 1.82) is 0 Å². The first-order chi connectivity index (χ1) is 7.29. The molecule has 0 spiro atoms. The second-order valence-electron chi connectivity index (χ2n) is 2.64. The zero-order valence-electron chi connectivity index (χ0n) is 9.09. The van der Waals surface area contributed by atoms with Crippen molar-refractivity contribution in [3.05, 3.63) is 0 Å². The molecule has 0 saturated heterocycles. The Bertz CT molecular complexity index is 197. The van der Waals surface area contributed by atoms with Gasteiger partial charge in [-0.25, -0.2) is 0 Å². The van der Waals surface area contributed by atoms with Crippen LogP contribution in [0, 0.1) is 0 Å². The number of nitrogens with one attached hydrogen (secondary N) is 2. The molecule has 16 heavy (non-hydrogen) atoms. The minimum absolute atomic E-state index is 0.0493. The van der Waals surface area contributed by atoms with Gasteiger partial charge in [0, 0.05) is 13.7 Å². The van der Waals surface area contributed by atoms with E-state index in [-0.39, 0.29) is 6.61 Å². The Kier molecular flexibility index (Phi) is 6.15. The van der Waals surface area contributed by atoms with Gasteiger partial charge in [-0.1, -0.05) is 0 Å². The molecule has 0 heterocycles. The number of alkyl halides is 3. The van der Waals surface area contributed by atoms with Crippen molar-refractivity contribution in [3.8, 4) is 0 Å². The molecular formula is C7H15F3N2O4. The summed E-state index contributed by atoms with van der Waals surface area (Å²) in [6.45, 7) is 1.44. The van der Waals surface area contributed by atoms with Gasteiger partial charge >= 0.3 is 6.36 Å². The molecule has 0 rings (SSSR count). The fraction of sp³-hybridized carbons (Fsp3) is 1.00. The molecule has 6 nitrogen and oxygen atoms in total. The fourth-order valence-electron chi connectivity index (χ4n) is 0.971. The molecule has 0 aromatic carbocycles. The quantitative estimate of drug-likeness (QED) is 0.432. The van der Waals surface area contributed by atoms with Gasteiger partial charge in [-0.05, 0) is 14.0 Å². The molecule has 2 atom stereocenters. The Morgan fingerprint density at radius 2 is 1.94 bits per heavy atom. The van der Waals surface area contributed by atoms with Crippen LogP contribution < -0.4 is 10.9 Å². The number of rotatable bonds is 7. The lowest BCUT2D eigenvalue weighted by Gasteiger charge is -2.34. The summed E-state index contributed by atoms with van der Waals surface area (Å²) in [7, 11) is 2.28. The molecule has 3 N–H and O–H groups in total. The van der Waals surface area contributed by atoms with Gasteiger partial charge in [-0.15, -0.1) is 13.2 Å². The summed E-state index contributed by atoms with van der Waals surface area (Å²) >= 11 is 0. The highest BCUT2D eigenvalue weighted by molar-refractivity contribution is 4.67. The molecule has 0 saturated carbocycles. The molecule has 0 amide bonds. The van der Waals surface area contributed by atoms with Crippen LogP contribution in [0.25, 0.3) is 0 Å². The standard InChI is InChI=1S/C7H15F3N2O4/c1-4-15-6(13,12-11-2)5(14-3)16-7(8,9)10/h5,11-13H,4H2,1-3H3. The van der Waals surface area contributed by atoms with Gasteiger partial charge < -0.3 is 14.6 Å². The van der Waals surface area contributed by atoms with Crippen molar-refractivity contribution in [3.63, 3.8) is 0 Å². The van der Waals surface area contributed by atoms with Crippen LogP contribution in [0.5, 0.6) is 0 Å². The fourth-order valence-corrected chi connectivity index (χ4v) is 0.971. The molecular weight excluding hydrogens is 233 g/mol. The Balaban J connectivity index is 4.70. The Morgan fingerprint density at radius 3 is 2.25 bits per heavy atom. The van der Waals surface area contributed by atoms with Gasteiger partial charge in [0.2, 0.25) is 6.29 Å². The molecule has 0 aliphatic heterocycles. The van der Waals surface area contributed by atoms with E-state index in [9.17, 15) is 18.3 Å². The number of aliphatic hydroxyl groups is 1. The number of hydrogen-bond acceptors (Lipinski definition) is 6. The van der Waals surface area contributed by atoms with Crippen LogP contribution in [0.2, 0.25) is 0 Å². The van der Waals surface area contributed by atoms with Crippen LogP contribution in [-0.4, -0.2) is 44.4 Å². The maximum Gasteiger partial charge on any atom is 0.525 e. The van der Waals surface area contributed by atoms with Crippen molar-refractivity contribution in [2.45, 2.75) is 25.5 Å². The molecule has 2 unspecified atom stereocenters. The predicted molar refractivity (Wildman–Crippen MR) is 46.7 cm³/mol. The highest BCUT2D eigenvalue weighted by Crippen LogP contribution is 2.24. The maximum absolute atomic E-state index is 12.0. The van der Waals surface area contributed by atoms with E-state index in [1.807, 2.05) is 0 Å². The zero-order chi connectivity index (χ0) is 12.8. The van der Waals surface area contributed by atoms with Crippen LogP contribution in [0.3, 0.4) is 0 Å². The highest BCUT2D eigenvalue weighted by atomic mass is 19.4. The van der Waals surface area contributed by atoms with Gasteiger partial charge in [-0.3, -0.25) is 10.2 Å². The second-order valence-corrected chi connectivity index (χ2v) is 2.64. The van der Waals surface area contributed by atoms with Crippen molar-refractivity contribution in [2.75, 3.05) is 20.8 Å². The monoisotopic (exact) mass is 248 g/mol. The van der Waals surface area contributed by atoms with Crippen LogP contribution in [0.4, 0.5) is 13.2 Å². The lowest BCUT2D eigenvalue weighted by molar-refractivity contribution is -0.438. The molecule has 0 aliphatic carbocycles. The number of methoxy groups -OCH3 is 1. The molecule has 0 aliphatic rings. The lowest BCUT2D eigenvalue weighted by atomic mass is 10.4. The molecule has 0 fully saturated rings. The summed E-state index contributed by atoms with van der Waals surface area (Å²) in [5.41, 5.74) is 4.31. The number of hydrazine groups is 1. The normalized spacial score (nSPS) is 18.2. The molecule has 0 radical (unpaired) electrons. The van der Waals surface area contributed by atoms with E-state index in [4.69, 9.17) is 4.74 Å². The summed E-state index contributed by atoms with van der Waals surface area (Å²) in [5, 5.41) is 9.69. The third-order valence-corrected chi connectivity index (χ3v) is 1.44. The van der Waals surface area contributed by atoms with E-state index in [1.165, 1.54) is 14.0 Å². The van der Waals surface area contributed by atoms with Crippen molar-refractivity contribution in [1.82, 2.24) is 10.9 Å². The molecule has 0 aromatic rings. The third-order valence-electron chi connectivity index (χ3n) is 1.44. The SMILES string of the molecule is CCOC(O)(NNC)C(OC)OC(F)(F)F. The van der Waals surface area contributed by atoms with E-state index in [1.54, 1.807) is 0 Å². The van der Waals surface area contributed by atoms with E-state index < -0.39 is 18.6 Å². The average molecular weight is 248 g/mol. The maximum atomic E-state index is 12.0. The molecule has 98 valence electrons.